The van der Waals surface area contributed by atoms with Crippen LogP contribution in [0.4, 0.5) is 0 Å². The fourth-order valence-corrected chi connectivity index (χ4v) is 2.04. The number of hydrogen-bond acceptors (Lipinski definition) is 1. The number of rotatable bonds is 1. The molecular weight excluding hydrogens is 226 g/mol. The molecule has 0 atom stereocenters. The molecule has 0 heterocycles. The van der Waals surface area contributed by atoms with E-state index in [1.54, 1.807) is 0 Å². The van der Waals surface area contributed by atoms with E-state index in [2.05, 4.69) is 40.2 Å². The zero-order valence-electron chi connectivity index (χ0n) is 7.13. The monoisotopic (exact) mass is 235 g/mol. The van der Waals surface area contributed by atoms with Crippen molar-refractivity contribution in [2.24, 2.45) is 5.73 Å². The van der Waals surface area contributed by atoms with Gasteiger partial charge in [0.25, 0.3) is 0 Å². The third kappa shape index (κ3) is 1.60. The van der Waals surface area contributed by atoms with Crippen LogP contribution in [0.5, 0.6) is 0 Å². The summed E-state index contributed by atoms with van der Waals surface area (Å²) in [6, 6.07) is 12.4. The maximum Gasteiger partial charge on any atom is 0.0184 e. The van der Waals surface area contributed by atoms with Gasteiger partial charge in [-0.25, -0.2) is 0 Å². The first-order chi connectivity index (χ1) is 6.31. The molecule has 0 saturated heterocycles. The lowest BCUT2D eigenvalue weighted by Gasteiger charge is -2.04. The van der Waals surface area contributed by atoms with Crippen molar-refractivity contribution in [3.8, 4) is 0 Å². The highest BCUT2D eigenvalue weighted by atomic mass is 79.9. The quantitative estimate of drug-likeness (QED) is 0.808. The van der Waals surface area contributed by atoms with Crippen LogP contribution in [0.15, 0.2) is 40.9 Å². The lowest BCUT2D eigenvalue weighted by Crippen LogP contribution is -1.97. The fourth-order valence-electron chi connectivity index (χ4n) is 1.52. The predicted octanol–water partition coefficient (Wildman–Crippen LogP) is 3.06. The average molecular weight is 236 g/mol. The largest absolute Gasteiger partial charge is 0.326 e. The van der Waals surface area contributed by atoms with Gasteiger partial charge in [0, 0.05) is 11.0 Å². The standard InChI is InChI=1S/C11H10BrN/c12-10-5-8-3-1-2-4-11(8)9(6-10)7-13/h1-6H,7,13H2. The Balaban J connectivity index is 2.81. The summed E-state index contributed by atoms with van der Waals surface area (Å²) in [5.74, 6) is 0. The highest BCUT2D eigenvalue weighted by molar-refractivity contribution is 9.10. The van der Waals surface area contributed by atoms with Crippen LogP contribution in [-0.2, 0) is 6.54 Å². The number of benzene rings is 2. The minimum atomic E-state index is 0.583. The van der Waals surface area contributed by atoms with E-state index >= 15 is 0 Å². The maximum absolute atomic E-state index is 5.66. The highest BCUT2D eigenvalue weighted by Crippen LogP contribution is 2.23. The van der Waals surface area contributed by atoms with E-state index in [0.717, 1.165) is 4.47 Å². The van der Waals surface area contributed by atoms with E-state index in [1.807, 2.05) is 12.1 Å². The molecule has 2 N–H and O–H groups in total. The molecule has 2 heteroatoms. The van der Waals surface area contributed by atoms with Crippen LogP contribution < -0.4 is 5.73 Å². The van der Waals surface area contributed by atoms with Gasteiger partial charge in [0.1, 0.15) is 0 Å². The molecule has 0 aromatic heterocycles. The van der Waals surface area contributed by atoms with E-state index in [0.29, 0.717) is 6.54 Å². The van der Waals surface area contributed by atoms with Crippen molar-refractivity contribution in [1.82, 2.24) is 0 Å². The first-order valence-electron chi connectivity index (χ1n) is 4.18. The summed E-state index contributed by atoms with van der Waals surface area (Å²) >= 11 is 3.47. The molecular formula is C11H10BrN. The molecule has 0 spiro atoms. The Morgan fingerprint density at radius 1 is 1.15 bits per heavy atom. The highest BCUT2D eigenvalue weighted by Gasteiger charge is 1.99. The molecule has 0 bridgehead atoms. The second-order valence-electron chi connectivity index (χ2n) is 2.99. The molecule has 0 unspecified atom stereocenters. The minimum Gasteiger partial charge on any atom is -0.326 e. The molecule has 66 valence electrons. The van der Waals surface area contributed by atoms with Gasteiger partial charge in [-0.1, -0.05) is 40.2 Å². The van der Waals surface area contributed by atoms with Crippen LogP contribution in [0, 0.1) is 0 Å². The van der Waals surface area contributed by atoms with Crippen LogP contribution in [0.1, 0.15) is 5.56 Å². The molecule has 0 aliphatic heterocycles. The summed E-state index contributed by atoms with van der Waals surface area (Å²) < 4.78 is 1.09. The van der Waals surface area contributed by atoms with Gasteiger partial charge in [0.15, 0.2) is 0 Å². The van der Waals surface area contributed by atoms with E-state index < -0.39 is 0 Å². The molecule has 2 aromatic carbocycles. The fraction of sp³-hybridized carbons (Fsp3) is 0.0909. The Kier molecular flexibility index (Phi) is 2.34. The Morgan fingerprint density at radius 3 is 2.69 bits per heavy atom. The van der Waals surface area contributed by atoms with Crippen molar-refractivity contribution in [2.45, 2.75) is 6.54 Å². The Labute approximate surface area is 85.7 Å². The first kappa shape index (κ1) is 8.73. The van der Waals surface area contributed by atoms with Gasteiger partial charge in [-0.3, -0.25) is 0 Å². The van der Waals surface area contributed by atoms with E-state index in [-0.39, 0.29) is 0 Å². The van der Waals surface area contributed by atoms with Gasteiger partial charge in [-0.05, 0) is 28.5 Å². The zero-order valence-corrected chi connectivity index (χ0v) is 8.71. The van der Waals surface area contributed by atoms with Crippen molar-refractivity contribution < 1.29 is 0 Å². The van der Waals surface area contributed by atoms with Crippen LogP contribution in [-0.4, -0.2) is 0 Å². The van der Waals surface area contributed by atoms with Crippen LogP contribution in [0.2, 0.25) is 0 Å². The van der Waals surface area contributed by atoms with Crippen LogP contribution in [0.25, 0.3) is 10.8 Å². The summed E-state index contributed by atoms with van der Waals surface area (Å²) in [7, 11) is 0. The maximum atomic E-state index is 5.66. The Bertz CT molecular complexity index is 437. The minimum absolute atomic E-state index is 0.583. The number of halogens is 1. The molecule has 0 aliphatic carbocycles. The SMILES string of the molecule is NCc1cc(Br)cc2ccccc12. The van der Waals surface area contributed by atoms with Crippen LogP contribution in [0.3, 0.4) is 0 Å². The molecule has 2 aromatic rings. The molecule has 0 saturated carbocycles. The molecule has 0 radical (unpaired) electrons. The van der Waals surface area contributed by atoms with Crippen molar-refractivity contribution in [2.75, 3.05) is 0 Å². The lowest BCUT2D eigenvalue weighted by atomic mass is 10.1. The summed E-state index contributed by atoms with van der Waals surface area (Å²) in [4.78, 5) is 0. The molecule has 0 fully saturated rings. The molecule has 1 nitrogen and oxygen atoms in total. The topological polar surface area (TPSA) is 26.0 Å². The van der Waals surface area contributed by atoms with Crippen LogP contribution >= 0.6 is 15.9 Å². The summed E-state index contributed by atoms with van der Waals surface area (Å²) in [5, 5.41) is 2.48. The molecule has 0 amide bonds. The van der Waals surface area contributed by atoms with Crippen molar-refractivity contribution in [1.29, 1.82) is 0 Å². The second kappa shape index (κ2) is 3.48. The summed E-state index contributed by atoms with van der Waals surface area (Å²) in [6.45, 7) is 0.583. The van der Waals surface area contributed by atoms with Gasteiger partial charge in [-0.2, -0.15) is 0 Å². The number of nitrogens with two attached hydrogens (primary N) is 1. The lowest BCUT2D eigenvalue weighted by molar-refractivity contribution is 1.08. The van der Waals surface area contributed by atoms with Gasteiger partial charge >= 0.3 is 0 Å². The normalized spacial score (nSPS) is 10.6. The van der Waals surface area contributed by atoms with Gasteiger partial charge in [0.05, 0.1) is 0 Å². The predicted molar refractivity (Wildman–Crippen MR) is 59.5 cm³/mol. The number of hydrogen-bond donors (Lipinski definition) is 1. The third-order valence-electron chi connectivity index (χ3n) is 2.13. The van der Waals surface area contributed by atoms with Crippen molar-refractivity contribution in [3.05, 3.63) is 46.4 Å². The molecule has 0 aliphatic rings. The van der Waals surface area contributed by atoms with Crippen molar-refractivity contribution >= 4 is 26.7 Å². The average Bonchev–Trinajstić information content (AvgIpc) is 2.16. The Morgan fingerprint density at radius 2 is 1.92 bits per heavy atom. The number of fused-ring (bicyclic) bond motifs is 1. The van der Waals surface area contributed by atoms with E-state index in [1.165, 1.54) is 16.3 Å². The van der Waals surface area contributed by atoms with E-state index in [9.17, 15) is 0 Å². The smallest absolute Gasteiger partial charge is 0.0184 e. The van der Waals surface area contributed by atoms with E-state index in [4.69, 9.17) is 5.73 Å². The first-order valence-corrected chi connectivity index (χ1v) is 4.98. The molecule has 13 heavy (non-hydrogen) atoms. The molecule has 2 rings (SSSR count). The summed E-state index contributed by atoms with van der Waals surface area (Å²) in [6.07, 6.45) is 0. The van der Waals surface area contributed by atoms with Gasteiger partial charge < -0.3 is 5.73 Å². The zero-order chi connectivity index (χ0) is 9.26. The van der Waals surface area contributed by atoms with Gasteiger partial charge in [-0.15, -0.1) is 0 Å². The second-order valence-corrected chi connectivity index (χ2v) is 3.91. The van der Waals surface area contributed by atoms with Gasteiger partial charge in [0.2, 0.25) is 0 Å². The third-order valence-corrected chi connectivity index (χ3v) is 2.59. The Hall–Kier alpha value is -0.860. The summed E-state index contributed by atoms with van der Waals surface area (Å²) in [5.41, 5.74) is 6.85. The van der Waals surface area contributed by atoms with Crippen molar-refractivity contribution in [3.63, 3.8) is 0 Å².